The SMILES string of the molecule is C=CCO/N=C(/C(=O)Nc1snc(C)c1Cl)c1ccc(Oc2ccc(C(F)(F)F)cc2)cc1. The predicted molar refractivity (Wildman–Crippen MR) is 121 cm³/mol. The number of halogens is 4. The Bertz CT molecular complexity index is 1160. The highest BCUT2D eigenvalue weighted by atomic mass is 35.5. The highest BCUT2D eigenvalue weighted by Crippen LogP contribution is 2.32. The van der Waals surface area contributed by atoms with Crippen LogP contribution in [-0.4, -0.2) is 22.6 Å². The van der Waals surface area contributed by atoms with Gasteiger partial charge in [-0.1, -0.05) is 29.4 Å². The van der Waals surface area contributed by atoms with Gasteiger partial charge in [-0.05, 0) is 67.0 Å². The average Bonchev–Trinajstić information content (AvgIpc) is 3.09. The number of amides is 1. The summed E-state index contributed by atoms with van der Waals surface area (Å²) in [6.45, 7) is 5.33. The number of ether oxygens (including phenoxy) is 1. The lowest BCUT2D eigenvalue weighted by Gasteiger charge is -2.10. The van der Waals surface area contributed by atoms with Gasteiger partial charge in [-0.3, -0.25) is 4.79 Å². The van der Waals surface area contributed by atoms with Crippen LogP contribution in [0.3, 0.4) is 0 Å². The van der Waals surface area contributed by atoms with Crippen molar-refractivity contribution in [2.45, 2.75) is 13.1 Å². The van der Waals surface area contributed by atoms with E-state index in [4.69, 9.17) is 21.2 Å². The summed E-state index contributed by atoms with van der Waals surface area (Å²) in [5, 5.41) is 7.25. The maximum Gasteiger partial charge on any atom is 0.416 e. The fraction of sp³-hybridized carbons (Fsp3) is 0.136. The first-order valence-corrected chi connectivity index (χ1v) is 10.5. The molecular formula is C22H17ClF3N3O3S. The zero-order valence-corrected chi connectivity index (χ0v) is 18.7. The molecule has 0 unspecified atom stereocenters. The number of hydrogen-bond donors (Lipinski definition) is 1. The second kappa shape index (κ2) is 10.5. The fourth-order valence-corrected chi connectivity index (χ4v) is 3.44. The lowest BCUT2D eigenvalue weighted by atomic mass is 10.1. The molecule has 0 saturated heterocycles. The van der Waals surface area contributed by atoms with E-state index in [0.29, 0.717) is 27.0 Å². The molecule has 0 fully saturated rings. The Morgan fingerprint density at radius 2 is 1.79 bits per heavy atom. The van der Waals surface area contributed by atoms with E-state index in [0.717, 1.165) is 23.7 Å². The quantitative estimate of drug-likeness (QED) is 0.168. The zero-order chi connectivity index (χ0) is 24.0. The van der Waals surface area contributed by atoms with Gasteiger partial charge in [0.2, 0.25) is 0 Å². The van der Waals surface area contributed by atoms with Crippen molar-refractivity contribution in [3.63, 3.8) is 0 Å². The summed E-state index contributed by atoms with van der Waals surface area (Å²) in [7, 11) is 0. The van der Waals surface area contributed by atoms with Gasteiger partial charge in [0, 0.05) is 5.56 Å². The van der Waals surface area contributed by atoms with Crippen LogP contribution < -0.4 is 10.1 Å². The second-order valence-corrected chi connectivity index (χ2v) is 7.69. The van der Waals surface area contributed by atoms with Crippen molar-refractivity contribution in [3.8, 4) is 11.5 Å². The minimum Gasteiger partial charge on any atom is -0.457 e. The number of aromatic nitrogens is 1. The van der Waals surface area contributed by atoms with E-state index in [-0.39, 0.29) is 18.1 Å². The van der Waals surface area contributed by atoms with Gasteiger partial charge < -0.3 is 14.9 Å². The monoisotopic (exact) mass is 495 g/mol. The Labute approximate surface area is 196 Å². The molecule has 2 aromatic carbocycles. The van der Waals surface area contributed by atoms with Crippen LogP contribution in [0.5, 0.6) is 11.5 Å². The fourth-order valence-electron chi connectivity index (χ4n) is 2.51. The first-order valence-electron chi connectivity index (χ1n) is 9.38. The summed E-state index contributed by atoms with van der Waals surface area (Å²) in [6.07, 6.45) is -2.95. The molecule has 0 aliphatic rings. The van der Waals surface area contributed by atoms with Gasteiger partial charge in [0.05, 0.1) is 16.3 Å². The summed E-state index contributed by atoms with van der Waals surface area (Å²) < 4.78 is 47.7. The molecule has 0 bridgehead atoms. The van der Waals surface area contributed by atoms with Crippen molar-refractivity contribution in [1.82, 2.24) is 4.37 Å². The number of anilines is 1. The number of alkyl halides is 3. The molecule has 3 rings (SSSR count). The highest BCUT2D eigenvalue weighted by molar-refractivity contribution is 7.11. The van der Waals surface area contributed by atoms with E-state index in [2.05, 4.69) is 21.4 Å². The van der Waals surface area contributed by atoms with E-state index in [1.54, 1.807) is 31.2 Å². The van der Waals surface area contributed by atoms with Gasteiger partial charge in [0.1, 0.15) is 23.1 Å². The van der Waals surface area contributed by atoms with E-state index in [1.165, 1.54) is 18.2 Å². The van der Waals surface area contributed by atoms with Gasteiger partial charge in [0.15, 0.2) is 5.71 Å². The molecule has 1 amide bonds. The van der Waals surface area contributed by atoms with Crippen molar-refractivity contribution in [3.05, 3.63) is 83.0 Å². The summed E-state index contributed by atoms with van der Waals surface area (Å²) in [5.41, 5.74) is 0.199. The molecule has 11 heteroatoms. The summed E-state index contributed by atoms with van der Waals surface area (Å²) >= 11 is 7.17. The van der Waals surface area contributed by atoms with Crippen molar-refractivity contribution in [2.24, 2.45) is 5.16 Å². The number of aryl methyl sites for hydroxylation is 1. The minimum absolute atomic E-state index is 0.0277. The van der Waals surface area contributed by atoms with E-state index >= 15 is 0 Å². The predicted octanol–water partition coefficient (Wildman–Crippen LogP) is 6.46. The van der Waals surface area contributed by atoms with Crippen LogP contribution in [0.25, 0.3) is 0 Å². The number of rotatable bonds is 8. The van der Waals surface area contributed by atoms with E-state index in [9.17, 15) is 18.0 Å². The Balaban J connectivity index is 1.77. The van der Waals surface area contributed by atoms with E-state index in [1.807, 2.05) is 0 Å². The molecular weight excluding hydrogens is 479 g/mol. The third-order valence-corrected chi connectivity index (χ3v) is 5.55. The average molecular weight is 496 g/mol. The van der Waals surface area contributed by atoms with Crippen LogP contribution in [0.2, 0.25) is 5.02 Å². The molecule has 1 aromatic heterocycles. The van der Waals surface area contributed by atoms with Crippen LogP contribution in [0.15, 0.2) is 66.3 Å². The Morgan fingerprint density at radius 1 is 1.18 bits per heavy atom. The van der Waals surface area contributed by atoms with Crippen molar-refractivity contribution in [2.75, 3.05) is 11.9 Å². The smallest absolute Gasteiger partial charge is 0.416 e. The third-order valence-electron chi connectivity index (χ3n) is 4.13. The van der Waals surface area contributed by atoms with Gasteiger partial charge in [-0.2, -0.15) is 17.5 Å². The number of oxime groups is 1. The van der Waals surface area contributed by atoms with E-state index < -0.39 is 17.6 Å². The van der Waals surface area contributed by atoms with Crippen LogP contribution in [-0.2, 0) is 15.8 Å². The molecule has 0 saturated carbocycles. The van der Waals surface area contributed by atoms with Gasteiger partial charge >= 0.3 is 6.18 Å². The standard InChI is InChI=1S/C22H17ClF3N3O3S/c1-3-12-31-28-19(20(30)27-21-18(23)13(2)29-33-21)14-4-8-16(9-5-14)32-17-10-6-15(7-11-17)22(24,25)26/h3-11H,1,12H2,2H3,(H,27,30)/b28-19+. The first-order chi connectivity index (χ1) is 15.7. The molecule has 6 nitrogen and oxygen atoms in total. The maximum atomic E-state index is 12.8. The lowest BCUT2D eigenvalue weighted by molar-refractivity contribution is -0.137. The number of carbonyl (C=O) groups excluding carboxylic acids is 1. The molecule has 0 spiro atoms. The number of nitrogens with one attached hydrogen (secondary N) is 1. The topological polar surface area (TPSA) is 72.8 Å². The second-order valence-electron chi connectivity index (χ2n) is 6.54. The Hall–Kier alpha value is -3.37. The summed E-state index contributed by atoms with van der Waals surface area (Å²) in [5.74, 6) is 0.0133. The number of benzene rings is 2. The number of hydrogen-bond acceptors (Lipinski definition) is 6. The zero-order valence-electron chi connectivity index (χ0n) is 17.1. The molecule has 0 radical (unpaired) electrons. The Morgan fingerprint density at radius 3 is 2.30 bits per heavy atom. The first kappa shape index (κ1) is 24.3. The molecule has 3 aromatic rings. The maximum absolute atomic E-state index is 12.8. The van der Waals surface area contributed by atoms with Crippen LogP contribution >= 0.6 is 23.1 Å². The number of nitrogens with zero attached hydrogens (tertiary/aromatic N) is 2. The molecule has 1 heterocycles. The van der Waals surface area contributed by atoms with Gasteiger partial charge in [0.25, 0.3) is 5.91 Å². The Kier molecular flexibility index (Phi) is 7.72. The molecule has 0 aliphatic carbocycles. The van der Waals surface area contributed by atoms with Crippen molar-refractivity contribution in [1.29, 1.82) is 0 Å². The summed E-state index contributed by atoms with van der Waals surface area (Å²) in [6, 6.07) is 10.5. The molecule has 0 atom stereocenters. The molecule has 33 heavy (non-hydrogen) atoms. The van der Waals surface area contributed by atoms with Crippen LogP contribution in [0.4, 0.5) is 18.2 Å². The third kappa shape index (κ3) is 6.33. The van der Waals surface area contributed by atoms with Crippen LogP contribution in [0, 0.1) is 6.92 Å². The molecule has 172 valence electrons. The summed E-state index contributed by atoms with van der Waals surface area (Å²) in [4.78, 5) is 17.9. The largest absolute Gasteiger partial charge is 0.457 e. The lowest BCUT2D eigenvalue weighted by Crippen LogP contribution is -2.24. The van der Waals surface area contributed by atoms with Crippen LogP contribution in [0.1, 0.15) is 16.8 Å². The molecule has 1 N–H and O–H groups in total. The normalized spacial score (nSPS) is 11.7. The molecule has 0 aliphatic heterocycles. The van der Waals surface area contributed by atoms with Crippen molar-refractivity contribution < 1.29 is 27.5 Å². The highest BCUT2D eigenvalue weighted by Gasteiger charge is 2.30. The van der Waals surface area contributed by atoms with Gasteiger partial charge in [-0.25, -0.2) is 0 Å². The van der Waals surface area contributed by atoms with Gasteiger partial charge in [-0.15, -0.1) is 0 Å². The number of carbonyl (C=O) groups is 1. The minimum atomic E-state index is -4.42. The van der Waals surface area contributed by atoms with Crippen molar-refractivity contribution >= 4 is 39.8 Å².